The van der Waals surface area contributed by atoms with Crippen molar-refractivity contribution in [2.75, 3.05) is 39.7 Å². The van der Waals surface area contributed by atoms with Gasteiger partial charge in [0, 0.05) is 35.8 Å². The fourth-order valence-electron chi connectivity index (χ4n) is 3.16. The Labute approximate surface area is 186 Å². The lowest BCUT2D eigenvalue weighted by Gasteiger charge is -2.13. The number of pyridine rings is 1. The van der Waals surface area contributed by atoms with Gasteiger partial charge in [-0.1, -0.05) is 11.6 Å². The first-order valence-corrected chi connectivity index (χ1v) is 10.2. The Morgan fingerprint density at radius 2 is 2.00 bits per heavy atom. The molecule has 3 rings (SSSR count). The number of benzene rings is 2. The molecule has 0 saturated carbocycles. The van der Waals surface area contributed by atoms with Crippen molar-refractivity contribution in [3.8, 4) is 17.6 Å². The van der Waals surface area contributed by atoms with Crippen LogP contribution in [-0.2, 0) is 6.54 Å². The van der Waals surface area contributed by atoms with Crippen LogP contribution in [0.4, 0.5) is 5.69 Å². The monoisotopic (exact) mass is 440 g/mol. The summed E-state index contributed by atoms with van der Waals surface area (Å²) in [4.78, 5) is 17.6. The average Bonchev–Trinajstić information content (AvgIpc) is 2.76. The topological polar surface area (TPSA) is 90.4 Å². The van der Waals surface area contributed by atoms with Gasteiger partial charge in [-0.2, -0.15) is 5.26 Å². The Balaban J connectivity index is 1.76. The standard InChI is InChI=1S/C23H25ClN4O3/c1-28(2)9-4-10-31-19-8-6-15-11-17(23(29)27-22(15)21(19)24)14-26-18-7-5-16(13-25)20(12-18)30-3/h5-8,11-12,26H,4,9-10,14H2,1-3H3,(H,27,29). The van der Waals surface area contributed by atoms with Gasteiger partial charge in [0.1, 0.15) is 22.6 Å². The highest BCUT2D eigenvalue weighted by Gasteiger charge is 2.11. The van der Waals surface area contributed by atoms with Crippen LogP contribution in [0, 0.1) is 11.3 Å². The number of hydrogen-bond donors (Lipinski definition) is 2. The molecule has 0 radical (unpaired) electrons. The predicted molar refractivity (Wildman–Crippen MR) is 123 cm³/mol. The molecule has 0 aliphatic rings. The van der Waals surface area contributed by atoms with Gasteiger partial charge in [0.25, 0.3) is 5.56 Å². The molecule has 31 heavy (non-hydrogen) atoms. The minimum Gasteiger partial charge on any atom is -0.495 e. The summed E-state index contributed by atoms with van der Waals surface area (Å²) in [6.45, 7) is 1.77. The molecule has 1 aromatic heterocycles. The van der Waals surface area contributed by atoms with Gasteiger partial charge < -0.3 is 24.7 Å². The van der Waals surface area contributed by atoms with Crippen LogP contribution in [0.1, 0.15) is 17.5 Å². The zero-order valence-electron chi connectivity index (χ0n) is 17.8. The molecule has 0 fully saturated rings. The highest BCUT2D eigenvalue weighted by atomic mass is 35.5. The summed E-state index contributed by atoms with van der Waals surface area (Å²) in [7, 11) is 5.54. The maximum atomic E-state index is 12.6. The molecule has 0 saturated heterocycles. The first-order chi connectivity index (χ1) is 14.9. The minimum atomic E-state index is -0.229. The average molecular weight is 441 g/mol. The molecule has 0 aliphatic carbocycles. The minimum absolute atomic E-state index is 0.229. The summed E-state index contributed by atoms with van der Waals surface area (Å²) in [6.07, 6.45) is 0.878. The summed E-state index contributed by atoms with van der Waals surface area (Å²) in [6, 6.07) is 12.8. The quantitative estimate of drug-likeness (QED) is 0.489. The van der Waals surface area contributed by atoms with E-state index in [4.69, 9.17) is 26.3 Å². The number of ether oxygens (including phenoxy) is 2. The molecule has 3 aromatic rings. The molecule has 2 N–H and O–H groups in total. The highest BCUT2D eigenvalue weighted by molar-refractivity contribution is 6.36. The SMILES string of the molecule is COc1cc(NCc2cc3ccc(OCCCN(C)C)c(Cl)c3[nH]c2=O)ccc1C#N. The summed E-state index contributed by atoms with van der Waals surface area (Å²) >= 11 is 6.48. The van der Waals surface area contributed by atoms with Gasteiger partial charge in [-0.3, -0.25) is 4.79 Å². The molecule has 0 spiro atoms. The van der Waals surface area contributed by atoms with Gasteiger partial charge in [0.2, 0.25) is 0 Å². The normalized spacial score (nSPS) is 10.8. The van der Waals surface area contributed by atoms with Crippen molar-refractivity contribution in [2.24, 2.45) is 0 Å². The third kappa shape index (κ3) is 5.48. The number of methoxy groups -OCH3 is 1. The van der Waals surface area contributed by atoms with E-state index in [0.29, 0.717) is 46.3 Å². The molecule has 8 heteroatoms. The number of nitrogens with zero attached hydrogens (tertiary/aromatic N) is 2. The second-order valence-corrected chi connectivity index (χ2v) is 7.73. The summed E-state index contributed by atoms with van der Waals surface area (Å²) in [5.74, 6) is 1.03. The van der Waals surface area contributed by atoms with Crippen molar-refractivity contribution in [1.29, 1.82) is 5.26 Å². The molecule has 0 bridgehead atoms. The van der Waals surface area contributed by atoms with Crippen molar-refractivity contribution >= 4 is 28.2 Å². The van der Waals surface area contributed by atoms with Crippen LogP contribution in [0.25, 0.3) is 10.9 Å². The van der Waals surface area contributed by atoms with E-state index in [-0.39, 0.29) is 5.56 Å². The molecular formula is C23H25ClN4O3. The summed E-state index contributed by atoms with van der Waals surface area (Å²) < 4.78 is 11.0. The van der Waals surface area contributed by atoms with E-state index in [2.05, 4.69) is 21.3 Å². The Hall–Kier alpha value is -3.21. The van der Waals surface area contributed by atoms with E-state index in [1.807, 2.05) is 32.3 Å². The third-order valence-corrected chi connectivity index (χ3v) is 5.19. The van der Waals surface area contributed by atoms with Gasteiger partial charge in [-0.15, -0.1) is 0 Å². The number of aromatic amines is 1. The lowest BCUT2D eigenvalue weighted by atomic mass is 10.1. The van der Waals surface area contributed by atoms with Gasteiger partial charge in [0.15, 0.2) is 0 Å². The van der Waals surface area contributed by atoms with Crippen molar-refractivity contribution in [2.45, 2.75) is 13.0 Å². The Morgan fingerprint density at radius 3 is 2.71 bits per heavy atom. The van der Waals surface area contributed by atoms with E-state index in [9.17, 15) is 4.79 Å². The van der Waals surface area contributed by atoms with Crippen LogP contribution in [0.2, 0.25) is 5.02 Å². The number of halogens is 1. The van der Waals surface area contributed by atoms with Crippen LogP contribution < -0.4 is 20.3 Å². The second kappa shape index (κ2) is 10.2. The van der Waals surface area contributed by atoms with E-state index >= 15 is 0 Å². The van der Waals surface area contributed by atoms with Gasteiger partial charge in [0.05, 0.1) is 24.8 Å². The highest BCUT2D eigenvalue weighted by Crippen LogP contribution is 2.31. The van der Waals surface area contributed by atoms with Crippen molar-refractivity contribution in [3.63, 3.8) is 0 Å². The van der Waals surface area contributed by atoms with Crippen molar-refractivity contribution in [3.05, 3.63) is 62.9 Å². The number of nitriles is 1. The first-order valence-electron chi connectivity index (χ1n) is 9.87. The molecule has 7 nitrogen and oxygen atoms in total. The van der Waals surface area contributed by atoms with Gasteiger partial charge in [-0.05, 0) is 50.8 Å². The maximum Gasteiger partial charge on any atom is 0.253 e. The number of nitrogens with one attached hydrogen (secondary N) is 2. The first kappa shape index (κ1) is 22.5. The molecule has 0 amide bonds. The summed E-state index contributed by atoms with van der Waals surface area (Å²) in [5.41, 5.74) is 2.08. The smallest absolute Gasteiger partial charge is 0.253 e. The fraction of sp³-hybridized carbons (Fsp3) is 0.304. The van der Waals surface area contributed by atoms with Gasteiger partial charge >= 0.3 is 0 Å². The zero-order chi connectivity index (χ0) is 22.4. The molecule has 1 heterocycles. The lowest BCUT2D eigenvalue weighted by molar-refractivity contribution is 0.282. The number of H-pyrrole nitrogens is 1. The number of rotatable bonds is 9. The van der Waals surface area contributed by atoms with Crippen molar-refractivity contribution in [1.82, 2.24) is 9.88 Å². The largest absolute Gasteiger partial charge is 0.495 e. The predicted octanol–water partition coefficient (Wildman–Crippen LogP) is 4.00. The lowest BCUT2D eigenvalue weighted by Crippen LogP contribution is -2.16. The van der Waals surface area contributed by atoms with E-state index in [0.717, 1.165) is 24.0 Å². The Morgan fingerprint density at radius 1 is 1.19 bits per heavy atom. The molecule has 0 atom stereocenters. The molecular weight excluding hydrogens is 416 g/mol. The fourth-order valence-corrected chi connectivity index (χ4v) is 3.44. The molecule has 0 aliphatic heterocycles. The second-order valence-electron chi connectivity index (χ2n) is 7.35. The maximum absolute atomic E-state index is 12.6. The number of anilines is 1. The van der Waals surface area contributed by atoms with E-state index in [1.54, 1.807) is 18.2 Å². The molecule has 162 valence electrons. The third-order valence-electron chi connectivity index (χ3n) is 4.81. The number of aromatic nitrogens is 1. The van der Waals surface area contributed by atoms with Crippen LogP contribution >= 0.6 is 11.6 Å². The molecule has 0 unspecified atom stereocenters. The molecule has 2 aromatic carbocycles. The Kier molecular flexibility index (Phi) is 7.40. The zero-order valence-corrected chi connectivity index (χ0v) is 18.5. The number of fused-ring (bicyclic) bond motifs is 1. The Bertz CT molecular complexity index is 1170. The van der Waals surface area contributed by atoms with Crippen LogP contribution in [0.5, 0.6) is 11.5 Å². The summed E-state index contributed by atoms with van der Waals surface area (Å²) in [5, 5.41) is 13.5. The van der Waals surface area contributed by atoms with Crippen LogP contribution in [-0.4, -0.2) is 44.2 Å². The van der Waals surface area contributed by atoms with Gasteiger partial charge in [-0.25, -0.2) is 0 Å². The van der Waals surface area contributed by atoms with Crippen LogP contribution in [0.3, 0.4) is 0 Å². The van der Waals surface area contributed by atoms with E-state index < -0.39 is 0 Å². The number of hydrogen-bond acceptors (Lipinski definition) is 6. The van der Waals surface area contributed by atoms with Crippen LogP contribution in [0.15, 0.2) is 41.2 Å². The van der Waals surface area contributed by atoms with E-state index in [1.165, 1.54) is 7.11 Å². The van der Waals surface area contributed by atoms with Crippen molar-refractivity contribution < 1.29 is 9.47 Å².